The standard InChI is InChI=1S/C29H38O10/c1-14-7-23(32)29(35)25(37-14)38-20-9-16-3-4-18-17(27(16,13-30)11-21(20)39-29)5-6-26(2)19(10-22(31)28(18,26)34)15-8-24(33)36-12-15/h3,8,13-14,17-23,25,31-32,34-35H,4-7,9-12H2,1-2H3/t14-,17+,18-,19-,20-,21-,22-,23+,25+,26-,27-,28-,29+/m1/s1. The normalized spacial score (nSPS) is 56.2. The van der Waals surface area contributed by atoms with Gasteiger partial charge in [-0.05, 0) is 68.8 Å². The summed E-state index contributed by atoms with van der Waals surface area (Å²) in [6, 6.07) is 0. The molecule has 3 aliphatic heterocycles. The van der Waals surface area contributed by atoms with Crippen LogP contribution in [0.5, 0.6) is 0 Å². The van der Waals surface area contributed by atoms with Crippen molar-refractivity contribution in [1.82, 2.24) is 0 Å². The first-order valence-corrected chi connectivity index (χ1v) is 14.3. The second-order valence-electron chi connectivity index (χ2n) is 13.3. The first-order chi connectivity index (χ1) is 18.5. The highest BCUT2D eigenvalue weighted by atomic mass is 16.8. The van der Waals surface area contributed by atoms with Gasteiger partial charge in [-0.3, -0.25) is 0 Å². The van der Waals surface area contributed by atoms with Gasteiger partial charge in [-0.2, -0.15) is 0 Å². The lowest BCUT2D eigenvalue weighted by Crippen LogP contribution is -2.70. The van der Waals surface area contributed by atoms with Crippen molar-refractivity contribution in [2.45, 2.75) is 107 Å². The summed E-state index contributed by atoms with van der Waals surface area (Å²) < 4.78 is 23.3. The third kappa shape index (κ3) is 3.28. The predicted octanol–water partition coefficient (Wildman–Crippen LogP) is 0.892. The van der Waals surface area contributed by atoms with Gasteiger partial charge in [0.1, 0.15) is 19.0 Å². The average molecular weight is 547 g/mol. The molecule has 4 N–H and O–H groups in total. The molecule has 0 unspecified atom stereocenters. The molecule has 3 heterocycles. The number of aldehydes is 1. The molecule has 0 aromatic carbocycles. The second kappa shape index (κ2) is 8.44. The maximum Gasteiger partial charge on any atom is 0.331 e. The number of allylic oxidation sites excluding steroid dienone is 1. The van der Waals surface area contributed by atoms with Crippen LogP contribution in [0.3, 0.4) is 0 Å². The summed E-state index contributed by atoms with van der Waals surface area (Å²) >= 11 is 0. The maximum atomic E-state index is 13.1. The Kier molecular flexibility index (Phi) is 5.68. The highest BCUT2D eigenvalue weighted by Gasteiger charge is 2.72. The Bertz CT molecular complexity index is 1150. The molecule has 0 radical (unpaired) electrons. The Morgan fingerprint density at radius 2 is 1.87 bits per heavy atom. The number of esters is 1. The van der Waals surface area contributed by atoms with E-state index in [2.05, 4.69) is 0 Å². The molecule has 3 saturated carbocycles. The third-order valence-corrected chi connectivity index (χ3v) is 11.6. The number of aliphatic hydroxyl groups excluding tert-OH is 2. The summed E-state index contributed by atoms with van der Waals surface area (Å²) in [5.41, 5.74) is -1.35. The van der Waals surface area contributed by atoms with Crippen molar-refractivity contribution >= 4 is 12.3 Å². The molecule has 7 aliphatic rings. The molecule has 0 bridgehead atoms. The third-order valence-electron chi connectivity index (χ3n) is 11.6. The van der Waals surface area contributed by atoms with Crippen molar-refractivity contribution in [2.75, 3.05) is 6.61 Å². The van der Waals surface area contributed by atoms with Crippen LogP contribution in [0.2, 0.25) is 0 Å². The highest BCUT2D eigenvalue weighted by Crippen LogP contribution is 2.69. The van der Waals surface area contributed by atoms with Crippen LogP contribution in [0.25, 0.3) is 0 Å². The van der Waals surface area contributed by atoms with E-state index >= 15 is 0 Å². The van der Waals surface area contributed by atoms with E-state index in [9.17, 15) is 30.0 Å². The van der Waals surface area contributed by atoms with E-state index in [1.54, 1.807) is 6.92 Å². The number of hydrogen-bond acceptors (Lipinski definition) is 10. The van der Waals surface area contributed by atoms with Gasteiger partial charge < -0.3 is 44.2 Å². The first kappa shape index (κ1) is 26.3. The molecule has 0 aromatic rings. The number of cyclic esters (lactones) is 1. The molecule has 214 valence electrons. The zero-order valence-corrected chi connectivity index (χ0v) is 22.3. The fourth-order valence-corrected chi connectivity index (χ4v) is 9.64. The Labute approximate surface area is 226 Å². The van der Waals surface area contributed by atoms with E-state index in [1.165, 1.54) is 6.08 Å². The number of rotatable bonds is 2. The van der Waals surface area contributed by atoms with Gasteiger partial charge in [0, 0.05) is 17.9 Å². The molecule has 0 aromatic heterocycles. The minimum absolute atomic E-state index is 0.178. The van der Waals surface area contributed by atoms with Crippen LogP contribution in [0, 0.1) is 28.6 Å². The lowest BCUT2D eigenvalue weighted by molar-refractivity contribution is -0.453. The molecule has 10 heteroatoms. The van der Waals surface area contributed by atoms with E-state index in [-0.39, 0.29) is 43.3 Å². The van der Waals surface area contributed by atoms with Crippen LogP contribution in [-0.2, 0) is 28.5 Å². The number of carbonyl (C=O) groups excluding carboxylic acids is 2. The summed E-state index contributed by atoms with van der Waals surface area (Å²) in [6.07, 6.45) is 2.67. The van der Waals surface area contributed by atoms with Gasteiger partial charge in [-0.15, -0.1) is 0 Å². The van der Waals surface area contributed by atoms with Crippen LogP contribution < -0.4 is 0 Å². The summed E-state index contributed by atoms with van der Waals surface area (Å²) in [4.78, 5) is 24.9. The molecule has 10 nitrogen and oxygen atoms in total. The van der Waals surface area contributed by atoms with Crippen molar-refractivity contribution in [3.8, 4) is 0 Å². The number of aliphatic hydroxyl groups is 4. The minimum Gasteiger partial charge on any atom is -0.458 e. The molecular weight excluding hydrogens is 508 g/mol. The van der Waals surface area contributed by atoms with Crippen molar-refractivity contribution in [3.63, 3.8) is 0 Å². The van der Waals surface area contributed by atoms with Crippen LogP contribution >= 0.6 is 0 Å². The van der Waals surface area contributed by atoms with Gasteiger partial charge >= 0.3 is 5.97 Å². The Morgan fingerprint density at radius 1 is 1.08 bits per heavy atom. The lowest BCUT2D eigenvalue weighted by atomic mass is 9.45. The molecule has 2 saturated heterocycles. The Balaban J connectivity index is 1.22. The van der Waals surface area contributed by atoms with Crippen molar-refractivity contribution in [3.05, 3.63) is 23.3 Å². The zero-order valence-electron chi connectivity index (χ0n) is 22.3. The van der Waals surface area contributed by atoms with Crippen molar-refractivity contribution in [1.29, 1.82) is 0 Å². The quantitative estimate of drug-likeness (QED) is 0.223. The molecule has 13 atom stereocenters. The van der Waals surface area contributed by atoms with Crippen LogP contribution in [0.15, 0.2) is 23.3 Å². The molecule has 0 spiro atoms. The minimum atomic E-state index is -2.03. The number of hydrogen-bond donors (Lipinski definition) is 4. The van der Waals surface area contributed by atoms with E-state index in [0.29, 0.717) is 32.1 Å². The average Bonchev–Trinajstić information content (AvgIpc) is 3.41. The molecule has 0 amide bonds. The first-order valence-electron chi connectivity index (χ1n) is 14.3. The lowest BCUT2D eigenvalue weighted by Gasteiger charge is -2.62. The zero-order chi connectivity index (χ0) is 27.5. The summed E-state index contributed by atoms with van der Waals surface area (Å²) in [6.45, 7) is 3.98. The van der Waals surface area contributed by atoms with Crippen LogP contribution in [0.1, 0.15) is 58.8 Å². The largest absolute Gasteiger partial charge is 0.458 e. The molecule has 5 fully saturated rings. The molecule has 4 aliphatic carbocycles. The SMILES string of the molecule is C[C@@H]1C[C@H](O)[C@]2(O)O[C@@H]3C[C@@]4(C=O)C(=CC[C@@H]5[C@@H]4CC[C@]4(C)[C@@H](C6=CC(=O)OC6)C[C@@H](O)[C@]54O)C[C@H]3O[C@@H]2O1. The monoisotopic (exact) mass is 546 g/mol. The van der Waals surface area contributed by atoms with Gasteiger partial charge in [0.25, 0.3) is 0 Å². The predicted molar refractivity (Wildman–Crippen MR) is 133 cm³/mol. The van der Waals surface area contributed by atoms with Crippen LogP contribution in [0.4, 0.5) is 0 Å². The number of ether oxygens (including phenoxy) is 4. The maximum absolute atomic E-state index is 13.1. The van der Waals surface area contributed by atoms with Crippen LogP contribution in [-0.4, -0.2) is 87.5 Å². The van der Waals surface area contributed by atoms with Gasteiger partial charge in [0.2, 0.25) is 12.1 Å². The summed E-state index contributed by atoms with van der Waals surface area (Å²) in [5, 5.41) is 45.8. The van der Waals surface area contributed by atoms with E-state index < -0.39 is 58.9 Å². The summed E-state index contributed by atoms with van der Waals surface area (Å²) in [7, 11) is 0. The van der Waals surface area contributed by atoms with E-state index in [4.69, 9.17) is 18.9 Å². The Morgan fingerprint density at radius 3 is 2.59 bits per heavy atom. The van der Waals surface area contributed by atoms with Crippen molar-refractivity contribution in [2.24, 2.45) is 28.6 Å². The Hall–Kier alpha value is -1.66. The van der Waals surface area contributed by atoms with E-state index in [1.807, 2.05) is 13.0 Å². The van der Waals surface area contributed by atoms with Gasteiger partial charge in [-0.25, -0.2) is 4.79 Å². The topological polar surface area (TPSA) is 152 Å². The van der Waals surface area contributed by atoms with E-state index in [0.717, 1.165) is 17.4 Å². The number of fused-ring (bicyclic) bond motifs is 7. The molecule has 7 rings (SSSR count). The second-order valence-corrected chi connectivity index (χ2v) is 13.3. The summed E-state index contributed by atoms with van der Waals surface area (Å²) in [5.74, 6) is -3.25. The number of carbonyl (C=O) groups is 2. The van der Waals surface area contributed by atoms with Gasteiger partial charge in [0.05, 0.1) is 35.4 Å². The highest BCUT2D eigenvalue weighted by molar-refractivity contribution is 5.85. The van der Waals surface area contributed by atoms with Gasteiger partial charge in [-0.1, -0.05) is 18.6 Å². The molecular formula is C29H38O10. The van der Waals surface area contributed by atoms with Crippen molar-refractivity contribution < 1.29 is 49.0 Å². The smallest absolute Gasteiger partial charge is 0.331 e. The van der Waals surface area contributed by atoms with Gasteiger partial charge in [0.15, 0.2) is 0 Å². The fourth-order valence-electron chi connectivity index (χ4n) is 9.64. The molecule has 39 heavy (non-hydrogen) atoms. The fraction of sp³-hybridized carbons (Fsp3) is 0.793.